The molecular formula is C16H14O4. The average Bonchev–Trinajstić information content (AvgIpc) is 2.36. The van der Waals surface area contributed by atoms with E-state index < -0.39 is 5.97 Å². The van der Waals surface area contributed by atoms with Crippen molar-refractivity contribution in [2.75, 3.05) is 0 Å². The first-order chi connectivity index (χ1) is 9.52. The van der Waals surface area contributed by atoms with Crippen LogP contribution in [0.2, 0.25) is 0 Å². The topological polar surface area (TPSA) is 77.8 Å². The first kappa shape index (κ1) is 13.7. The quantitative estimate of drug-likeness (QED) is 0.746. The molecule has 0 aromatic heterocycles. The second kappa shape index (κ2) is 5.93. The van der Waals surface area contributed by atoms with Gasteiger partial charge in [0, 0.05) is 6.07 Å². The lowest BCUT2D eigenvalue weighted by Crippen LogP contribution is -1.99. The molecule has 0 aliphatic rings. The summed E-state index contributed by atoms with van der Waals surface area (Å²) in [6.45, 7) is 0. The Morgan fingerprint density at radius 1 is 0.900 bits per heavy atom. The lowest BCUT2D eigenvalue weighted by molar-refractivity contribution is -0.136. The molecule has 20 heavy (non-hydrogen) atoms. The Balaban J connectivity index is 2.12. The predicted octanol–water partition coefficient (Wildman–Crippen LogP) is 2.90. The molecule has 3 N–H and O–H groups in total. The summed E-state index contributed by atoms with van der Waals surface area (Å²) in [5.41, 5.74) is 2.32. The van der Waals surface area contributed by atoms with E-state index in [1.54, 1.807) is 18.2 Å². The van der Waals surface area contributed by atoms with Crippen molar-refractivity contribution < 1.29 is 20.1 Å². The zero-order valence-corrected chi connectivity index (χ0v) is 10.7. The maximum atomic E-state index is 10.6. The van der Waals surface area contributed by atoms with Gasteiger partial charge in [0.25, 0.3) is 0 Å². The molecule has 0 spiro atoms. The molecule has 0 radical (unpaired) electrons. The van der Waals surface area contributed by atoms with E-state index in [0.717, 1.165) is 11.1 Å². The molecular weight excluding hydrogens is 256 g/mol. The molecule has 0 aliphatic heterocycles. The molecule has 4 nitrogen and oxygen atoms in total. The van der Waals surface area contributed by atoms with Gasteiger partial charge in [-0.05, 0) is 28.8 Å². The van der Waals surface area contributed by atoms with Crippen molar-refractivity contribution in [1.82, 2.24) is 0 Å². The van der Waals surface area contributed by atoms with Crippen LogP contribution in [-0.2, 0) is 11.2 Å². The number of phenols is 2. The third-order valence-electron chi connectivity index (χ3n) is 2.73. The van der Waals surface area contributed by atoms with Crippen LogP contribution in [0.3, 0.4) is 0 Å². The molecule has 2 aromatic carbocycles. The molecule has 0 bridgehead atoms. The van der Waals surface area contributed by atoms with Crippen LogP contribution in [-0.4, -0.2) is 21.3 Å². The van der Waals surface area contributed by atoms with E-state index in [-0.39, 0.29) is 17.9 Å². The monoisotopic (exact) mass is 270 g/mol. The van der Waals surface area contributed by atoms with Crippen LogP contribution in [0.5, 0.6) is 11.5 Å². The third-order valence-corrected chi connectivity index (χ3v) is 2.73. The molecule has 0 amide bonds. The van der Waals surface area contributed by atoms with Gasteiger partial charge in [-0.25, -0.2) is 0 Å². The fourth-order valence-electron chi connectivity index (χ4n) is 1.83. The van der Waals surface area contributed by atoms with Gasteiger partial charge in [-0.3, -0.25) is 4.79 Å². The number of phenolic OH excluding ortho intramolecular Hbond substituents is 2. The minimum Gasteiger partial charge on any atom is -0.508 e. The predicted molar refractivity (Wildman–Crippen MR) is 76.5 cm³/mol. The number of benzene rings is 2. The van der Waals surface area contributed by atoms with Gasteiger partial charge in [0.15, 0.2) is 0 Å². The van der Waals surface area contributed by atoms with E-state index in [1.807, 2.05) is 18.2 Å². The van der Waals surface area contributed by atoms with E-state index >= 15 is 0 Å². The van der Waals surface area contributed by atoms with Crippen molar-refractivity contribution >= 4 is 18.1 Å². The number of carboxylic acid groups (broad SMARTS) is 1. The minimum absolute atomic E-state index is 0.00135. The minimum atomic E-state index is -0.858. The molecule has 2 rings (SSSR count). The van der Waals surface area contributed by atoms with Crippen LogP contribution in [0.4, 0.5) is 0 Å². The summed E-state index contributed by atoms with van der Waals surface area (Å²) >= 11 is 0. The molecule has 0 atom stereocenters. The molecule has 0 fully saturated rings. The molecule has 0 saturated heterocycles. The van der Waals surface area contributed by atoms with Gasteiger partial charge in [-0.2, -0.15) is 0 Å². The molecule has 4 heteroatoms. The Hall–Kier alpha value is -2.75. The average molecular weight is 270 g/mol. The van der Waals surface area contributed by atoms with Crippen LogP contribution in [0, 0.1) is 0 Å². The van der Waals surface area contributed by atoms with Gasteiger partial charge in [0.2, 0.25) is 0 Å². The highest BCUT2D eigenvalue weighted by atomic mass is 16.4. The highest BCUT2D eigenvalue weighted by Gasteiger charge is 1.99. The van der Waals surface area contributed by atoms with Crippen molar-refractivity contribution in [2.45, 2.75) is 6.42 Å². The number of carboxylic acids is 1. The van der Waals surface area contributed by atoms with Crippen molar-refractivity contribution in [3.05, 3.63) is 59.2 Å². The standard InChI is InChI=1S/C16H14O4/c17-14-7-13(8-15(18)10-14)6-3-11-1-4-12(5-2-11)9-16(19)20/h1-8,10,17-18H,9H2,(H,19,20). The number of carbonyl (C=O) groups is 1. The van der Waals surface area contributed by atoms with Crippen molar-refractivity contribution in [3.8, 4) is 11.5 Å². The molecule has 2 aromatic rings. The Morgan fingerprint density at radius 3 is 2.00 bits per heavy atom. The van der Waals surface area contributed by atoms with E-state index in [1.165, 1.54) is 18.2 Å². The number of aliphatic carboxylic acids is 1. The van der Waals surface area contributed by atoms with Crippen molar-refractivity contribution in [2.24, 2.45) is 0 Å². The highest BCUT2D eigenvalue weighted by Crippen LogP contribution is 2.22. The van der Waals surface area contributed by atoms with Crippen LogP contribution in [0.15, 0.2) is 42.5 Å². The summed E-state index contributed by atoms with van der Waals surface area (Å²) in [4.78, 5) is 10.6. The zero-order chi connectivity index (χ0) is 14.5. The fourth-order valence-corrected chi connectivity index (χ4v) is 1.83. The van der Waals surface area contributed by atoms with Crippen LogP contribution < -0.4 is 0 Å². The van der Waals surface area contributed by atoms with Gasteiger partial charge in [-0.15, -0.1) is 0 Å². The second-order valence-corrected chi connectivity index (χ2v) is 4.43. The molecule has 0 saturated carbocycles. The summed E-state index contributed by atoms with van der Waals surface area (Å²) < 4.78 is 0. The smallest absolute Gasteiger partial charge is 0.307 e. The van der Waals surface area contributed by atoms with Crippen LogP contribution in [0.25, 0.3) is 12.2 Å². The Morgan fingerprint density at radius 2 is 1.45 bits per heavy atom. The second-order valence-electron chi connectivity index (χ2n) is 4.43. The summed E-state index contributed by atoms with van der Waals surface area (Å²) in [7, 11) is 0. The van der Waals surface area contributed by atoms with Crippen LogP contribution >= 0.6 is 0 Å². The number of aromatic hydroxyl groups is 2. The fraction of sp³-hybridized carbons (Fsp3) is 0.0625. The molecule has 0 aliphatic carbocycles. The van der Waals surface area contributed by atoms with Crippen LogP contribution in [0.1, 0.15) is 16.7 Å². The first-order valence-electron chi connectivity index (χ1n) is 6.05. The van der Waals surface area contributed by atoms with Gasteiger partial charge in [0.05, 0.1) is 6.42 Å². The molecule has 0 heterocycles. The van der Waals surface area contributed by atoms with E-state index in [0.29, 0.717) is 5.56 Å². The Bertz CT molecular complexity index is 622. The number of rotatable bonds is 4. The largest absolute Gasteiger partial charge is 0.508 e. The molecule has 102 valence electrons. The zero-order valence-electron chi connectivity index (χ0n) is 10.7. The van der Waals surface area contributed by atoms with Gasteiger partial charge < -0.3 is 15.3 Å². The highest BCUT2D eigenvalue weighted by molar-refractivity contribution is 5.72. The van der Waals surface area contributed by atoms with Gasteiger partial charge in [0.1, 0.15) is 11.5 Å². The normalized spacial score (nSPS) is 10.8. The first-order valence-corrected chi connectivity index (χ1v) is 6.05. The van der Waals surface area contributed by atoms with Crippen molar-refractivity contribution in [1.29, 1.82) is 0 Å². The number of hydrogen-bond acceptors (Lipinski definition) is 3. The summed E-state index contributed by atoms with van der Waals surface area (Å²) in [6, 6.07) is 11.5. The summed E-state index contributed by atoms with van der Waals surface area (Å²) in [5, 5.41) is 27.4. The third kappa shape index (κ3) is 3.88. The molecule has 0 unspecified atom stereocenters. The summed E-state index contributed by atoms with van der Waals surface area (Å²) in [5.74, 6) is -0.855. The SMILES string of the molecule is O=C(O)Cc1ccc(C=Cc2cc(O)cc(O)c2)cc1. The van der Waals surface area contributed by atoms with Gasteiger partial charge >= 0.3 is 5.97 Å². The maximum absolute atomic E-state index is 10.6. The Kier molecular flexibility index (Phi) is 4.05. The maximum Gasteiger partial charge on any atom is 0.307 e. The van der Waals surface area contributed by atoms with E-state index in [2.05, 4.69) is 0 Å². The Labute approximate surface area is 116 Å². The van der Waals surface area contributed by atoms with E-state index in [4.69, 9.17) is 5.11 Å². The number of hydrogen-bond donors (Lipinski definition) is 3. The lowest BCUT2D eigenvalue weighted by Gasteiger charge is -2.00. The van der Waals surface area contributed by atoms with Crippen molar-refractivity contribution in [3.63, 3.8) is 0 Å². The van der Waals surface area contributed by atoms with E-state index in [9.17, 15) is 15.0 Å². The lowest BCUT2D eigenvalue weighted by atomic mass is 10.1. The van der Waals surface area contributed by atoms with Gasteiger partial charge in [-0.1, -0.05) is 36.4 Å². The summed E-state index contributed by atoms with van der Waals surface area (Å²) in [6.07, 6.45) is 3.58.